The van der Waals surface area contributed by atoms with Gasteiger partial charge >= 0.3 is 0 Å². The van der Waals surface area contributed by atoms with Crippen LogP contribution in [-0.4, -0.2) is 30.1 Å². The predicted octanol–water partition coefficient (Wildman–Crippen LogP) is 2.48. The van der Waals surface area contributed by atoms with Crippen LogP contribution in [0.3, 0.4) is 0 Å². The summed E-state index contributed by atoms with van der Waals surface area (Å²) in [5.41, 5.74) is 6.79. The SMILES string of the molecule is CC1C(N)CCN(CC2(C(C)C)CC2)C1C. The molecule has 1 heterocycles. The van der Waals surface area contributed by atoms with Gasteiger partial charge in [0.05, 0.1) is 0 Å². The van der Waals surface area contributed by atoms with Gasteiger partial charge in [0.25, 0.3) is 0 Å². The van der Waals surface area contributed by atoms with Gasteiger partial charge in [0.2, 0.25) is 0 Å². The van der Waals surface area contributed by atoms with E-state index in [1.165, 1.54) is 32.4 Å². The second kappa shape index (κ2) is 4.30. The molecule has 0 radical (unpaired) electrons. The fraction of sp³-hybridized carbons (Fsp3) is 1.00. The van der Waals surface area contributed by atoms with Crippen LogP contribution < -0.4 is 5.73 Å². The summed E-state index contributed by atoms with van der Waals surface area (Å²) in [7, 11) is 0. The van der Waals surface area contributed by atoms with Crippen molar-refractivity contribution in [2.24, 2.45) is 23.0 Å². The van der Waals surface area contributed by atoms with Crippen LogP contribution in [0.15, 0.2) is 0 Å². The summed E-state index contributed by atoms with van der Waals surface area (Å²) in [6, 6.07) is 1.08. The first-order valence-electron chi connectivity index (χ1n) is 6.96. The lowest BCUT2D eigenvalue weighted by Crippen LogP contribution is -2.53. The van der Waals surface area contributed by atoms with Crippen molar-refractivity contribution in [3.8, 4) is 0 Å². The van der Waals surface area contributed by atoms with Crippen molar-refractivity contribution in [1.29, 1.82) is 0 Å². The zero-order chi connectivity index (χ0) is 11.9. The Labute approximate surface area is 101 Å². The van der Waals surface area contributed by atoms with Crippen molar-refractivity contribution >= 4 is 0 Å². The van der Waals surface area contributed by atoms with Crippen molar-refractivity contribution in [1.82, 2.24) is 4.90 Å². The van der Waals surface area contributed by atoms with Gasteiger partial charge in [-0.2, -0.15) is 0 Å². The molecule has 2 nitrogen and oxygen atoms in total. The van der Waals surface area contributed by atoms with E-state index in [0.29, 0.717) is 23.4 Å². The molecule has 3 unspecified atom stereocenters. The number of hydrogen-bond donors (Lipinski definition) is 1. The first kappa shape index (κ1) is 12.4. The molecule has 2 heteroatoms. The highest BCUT2D eigenvalue weighted by Gasteiger charge is 2.47. The molecule has 0 aromatic rings. The van der Waals surface area contributed by atoms with E-state index in [-0.39, 0.29) is 0 Å². The molecule has 94 valence electrons. The van der Waals surface area contributed by atoms with E-state index in [9.17, 15) is 0 Å². The maximum absolute atomic E-state index is 6.14. The Hall–Kier alpha value is -0.0800. The molecule has 2 rings (SSSR count). The topological polar surface area (TPSA) is 29.3 Å². The monoisotopic (exact) mass is 224 g/mol. The largest absolute Gasteiger partial charge is 0.327 e. The summed E-state index contributed by atoms with van der Waals surface area (Å²) >= 11 is 0. The number of nitrogens with zero attached hydrogens (tertiary/aromatic N) is 1. The van der Waals surface area contributed by atoms with Crippen LogP contribution in [0.2, 0.25) is 0 Å². The van der Waals surface area contributed by atoms with Gasteiger partial charge in [-0.1, -0.05) is 20.8 Å². The first-order valence-corrected chi connectivity index (χ1v) is 6.96. The smallest absolute Gasteiger partial charge is 0.0108 e. The number of hydrogen-bond acceptors (Lipinski definition) is 2. The van der Waals surface area contributed by atoms with Crippen molar-refractivity contribution in [2.45, 2.75) is 59.0 Å². The predicted molar refractivity (Wildman–Crippen MR) is 69.3 cm³/mol. The summed E-state index contributed by atoms with van der Waals surface area (Å²) in [5.74, 6) is 1.49. The number of rotatable bonds is 3. The van der Waals surface area contributed by atoms with Crippen LogP contribution in [0.25, 0.3) is 0 Å². The fourth-order valence-electron chi connectivity index (χ4n) is 3.18. The van der Waals surface area contributed by atoms with Crippen molar-refractivity contribution in [3.05, 3.63) is 0 Å². The first-order chi connectivity index (χ1) is 7.46. The van der Waals surface area contributed by atoms with E-state index in [2.05, 4.69) is 32.6 Å². The van der Waals surface area contributed by atoms with E-state index in [0.717, 1.165) is 5.92 Å². The van der Waals surface area contributed by atoms with Crippen LogP contribution in [0, 0.1) is 17.3 Å². The van der Waals surface area contributed by atoms with Gasteiger partial charge in [-0.25, -0.2) is 0 Å². The summed E-state index contributed by atoms with van der Waals surface area (Å²) in [5, 5.41) is 0. The number of likely N-dealkylation sites (tertiary alicyclic amines) is 1. The Balaban J connectivity index is 1.95. The number of nitrogens with two attached hydrogens (primary N) is 1. The molecule has 2 N–H and O–H groups in total. The highest BCUT2D eigenvalue weighted by atomic mass is 15.2. The summed E-state index contributed by atoms with van der Waals surface area (Å²) < 4.78 is 0. The quantitative estimate of drug-likeness (QED) is 0.798. The minimum atomic E-state index is 0.417. The van der Waals surface area contributed by atoms with E-state index < -0.39 is 0 Å². The molecule has 1 saturated heterocycles. The lowest BCUT2D eigenvalue weighted by atomic mass is 9.85. The molecular weight excluding hydrogens is 196 g/mol. The normalized spacial score (nSPS) is 39.0. The van der Waals surface area contributed by atoms with Crippen molar-refractivity contribution in [2.75, 3.05) is 13.1 Å². The minimum Gasteiger partial charge on any atom is -0.327 e. The molecule has 2 fully saturated rings. The van der Waals surface area contributed by atoms with Crippen molar-refractivity contribution in [3.63, 3.8) is 0 Å². The summed E-state index contributed by atoms with van der Waals surface area (Å²) in [6.45, 7) is 12.0. The van der Waals surface area contributed by atoms with Crippen molar-refractivity contribution < 1.29 is 0 Å². The van der Waals surface area contributed by atoms with Crippen LogP contribution in [-0.2, 0) is 0 Å². The van der Waals surface area contributed by atoms with Crippen LogP contribution in [0.1, 0.15) is 47.0 Å². The second-order valence-electron chi connectivity index (χ2n) is 6.54. The average Bonchev–Trinajstić information content (AvgIpc) is 3.00. The van der Waals surface area contributed by atoms with E-state index in [1.807, 2.05) is 0 Å². The maximum Gasteiger partial charge on any atom is 0.0108 e. The van der Waals surface area contributed by atoms with E-state index in [4.69, 9.17) is 5.73 Å². The standard InChI is InChI=1S/C14H28N2/c1-10(2)14(6-7-14)9-16-8-5-13(15)11(3)12(16)4/h10-13H,5-9,15H2,1-4H3. The molecule has 1 aliphatic carbocycles. The molecule has 0 spiro atoms. The number of piperidine rings is 1. The molecule has 0 aromatic heterocycles. The molecule has 1 aliphatic heterocycles. The third-order valence-corrected chi connectivity index (χ3v) is 5.40. The Morgan fingerprint density at radius 1 is 1.31 bits per heavy atom. The van der Waals surface area contributed by atoms with Crippen LogP contribution >= 0.6 is 0 Å². The Morgan fingerprint density at radius 3 is 2.44 bits per heavy atom. The summed E-state index contributed by atoms with van der Waals surface area (Å²) in [6.07, 6.45) is 4.06. The average molecular weight is 224 g/mol. The zero-order valence-electron chi connectivity index (χ0n) is 11.4. The molecule has 16 heavy (non-hydrogen) atoms. The molecule has 3 atom stereocenters. The molecule has 2 aliphatic rings. The lowest BCUT2D eigenvalue weighted by molar-refractivity contribution is 0.0664. The molecule has 0 amide bonds. The van der Waals surface area contributed by atoms with E-state index in [1.54, 1.807) is 0 Å². The molecule has 0 bridgehead atoms. The third-order valence-electron chi connectivity index (χ3n) is 5.40. The maximum atomic E-state index is 6.14. The van der Waals surface area contributed by atoms with Gasteiger partial charge in [0.1, 0.15) is 0 Å². The Morgan fingerprint density at radius 2 is 1.94 bits per heavy atom. The minimum absolute atomic E-state index is 0.417. The Bertz CT molecular complexity index is 245. The lowest BCUT2D eigenvalue weighted by Gasteiger charge is -2.43. The second-order valence-corrected chi connectivity index (χ2v) is 6.54. The van der Waals surface area contributed by atoms with Gasteiger partial charge in [-0.15, -0.1) is 0 Å². The highest BCUT2D eigenvalue weighted by Crippen LogP contribution is 2.52. The van der Waals surface area contributed by atoms with Crippen LogP contribution in [0.4, 0.5) is 0 Å². The van der Waals surface area contributed by atoms with Gasteiger partial charge in [0, 0.05) is 18.6 Å². The zero-order valence-corrected chi connectivity index (χ0v) is 11.4. The fourth-order valence-corrected chi connectivity index (χ4v) is 3.18. The molecule has 1 saturated carbocycles. The third kappa shape index (κ3) is 2.14. The Kier molecular flexibility index (Phi) is 3.33. The van der Waals surface area contributed by atoms with Gasteiger partial charge < -0.3 is 5.73 Å². The van der Waals surface area contributed by atoms with Gasteiger partial charge in [-0.05, 0) is 50.0 Å². The van der Waals surface area contributed by atoms with Gasteiger partial charge in [0.15, 0.2) is 0 Å². The highest BCUT2D eigenvalue weighted by molar-refractivity contribution is 5.00. The van der Waals surface area contributed by atoms with E-state index >= 15 is 0 Å². The van der Waals surface area contributed by atoms with Gasteiger partial charge in [-0.3, -0.25) is 4.90 Å². The molecular formula is C14H28N2. The molecule has 0 aromatic carbocycles. The van der Waals surface area contributed by atoms with Crippen LogP contribution in [0.5, 0.6) is 0 Å². The summed E-state index contributed by atoms with van der Waals surface area (Å²) in [4.78, 5) is 2.70.